The van der Waals surface area contributed by atoms with Crippen molar-refractivity contribution in [2.75, 3.05) is 21.7 Å². The number of anilines is 2. The van der Waals surface area contributed by atoms with Crippen molar-refractivity contribution >= 4 is 76.9 Å². The smallest absolute Gasteiger partial charge is 0.407 e. The molecule has 4 aliphatic rings. The maximum Gasteiger partial charge on any atom is 0.407 e. The Balaban J connectivity index is 0.000000182. The average molecular weight is 1100 g/mol. The van der Waals surface area contributed by atoms with E-state index in [1.165, 1.54) is 97.1 Å². The van der Waals surface area contributed by atoms with Gasteiger partial charge in [0, 0.05) is 10.0 Å². The molecule has 0 aliphatic carbocycles. The van der Waals surface area contributed by atoms with E-state index in [1.54, 1.807) is 48.5 Å². The topological polar surface area (TPSA) is 174 Å². The standard InChI is InChI=1S/2C26H21ClF3NO5S/c2*27-17-5-7-18(8-6-17)31(14-26(28,29)30)37(34,35)22-13-21-23(15-1-9-19(32)10-2-15)24(25(22)36-21)16-3-11-20(33)12-4-16/h2*1-12,21-22,25,32-33H,13-14H2/t2*21-,22+,25+/m10/s1. The molecule has 0 unspecified atom stereocenters. The first-order valence-electron chi connectivity index (χ1n) is 22.5. The zero-order valence-electron chi connectivity index (χ0n) is 38.1. The van der Waals surface area contributed by atoms with Gasteiger partial charge in [-0.3, -0.25) is 8.61 Å². The summed E-state index contributed by atoms with van der Waals surface area (Å²) >= 11 is 11.7. The van der Waals surface area contributed by atoms with E-state index in [9.17, 15) is 63.6 Å². The van der Waals surface area contributed by atoms with Gasteiger partial charge < -0.3 is 29.9 Å². The Kier molecular flexibility index (Phi) is 14.2. The molecule has 4 N–H and O–H groups in total. The average Bonchev–Trinajstić information content (AvgIpc) is 4.15. The molecular formula is C52H42Cl2F6N2O10S2. The van der Waals surface area contributed by atoms with Crippen LogP contribution in [0, 0.1) is 0 Å². The second-order valence-corrected chi connectivity index (χ2v) is 22.8. The lowest BCUT2D eigenvalue weighted by atomic mass is 9.83. The molecule has 0 radical (unpaired) electrons. The van der Waals surface area contributed by atoms with E-state index in [1.807, 2.05) is 0 Å². The molecule has 0 aromatic heterocycles. The molecule has 74 heavy (non-hydrogen) atoms. The molecule has 2 fully saturated rings. The van der Waals surface area contributed by atoms with Crippen LogP contribution < -0.4 is 8.61 Å². The van der Waals surface area contributed by atoms with Crippen molar-refractivity contribution in [3.8, 4) is 23.0 Å². The second kappa shape index (κ2) is 20.0. The third-order valence-electron chi connectivity index (χ3n) is 13.0. The molecule has 4 bridgehead atoms. The van der Waals surface area contributed by atoms with Crippen molar-refractivity contribution in [1.29, 1.82) is 0 Å². The van der Waals surface area contributed by atoms with Crippen molar-refractivity contribution < 1.29 is 73.1 Å². The lowest BCUT2D eigenvalue weighted by molar-refractivity contribution is -0.118. The maximum atomic E-state index is 13.8. The number of hydrogen-bond donors (Lipinski definition) is 4. The molecule has 6 atom stereocenters. The molecule has 22 heteroatoms. The van der Waals surface area contributed by atoms with Gasteiger partial charge in [0.2, 0.25) is 20.0 Å². The van der Waals surface area contributed by atoms with Gasteiger partial charge in [-0.2, -0.15) is 26.3 Å². The summed E-state index contributed by atoms with van der Waals surface area (Å²) < 4.78 is 150. The number of fused-ring (bicyclic) bond motifs is 4. The number of nitrogens with zero attached hydrogens (tertiary/aromatic N) is 2. The van der Waals surface area contributed by atoms with Gasteiger partial charge in [-0.1, -0.05) is 71.7 Å². The highest BCUT2D eigenvalue weighted by atomic mass is 35.5. The molecule has 388 valence electrons. The summed E-state index contributed by atoms with van der Waals surface area (Å²) in [7, 11) is -9.14. The fourth-order valence-electron chi connectivity index (χ4n) is 9.81. The largest absolute Gasteiger partial charge is 0.508 e. The van der Waals surface area contributed by atoms with Crippen molar-refractivity contribution in [2.45, 2.75) is 60.1 Å². The number of rotatable bonds is 12. The van der Waals surface area contributed by atoms with Gasteiger partial charge in [-0.25, -0.2) is 16.8 Å². The Morgan fingerprint density at radius 1 is 0.432 bits per heavy atom. The van der Waals surface area contributed by atoms with Crippen LogP contribution in [0.15, 0.2) is 146 Å². The van der Waals surface area contributed by atoms with Crippen LogP contribution in [0.3, 0.4) is 0 Å². The van der Waals surface area contributed by atoms with Crippen LogP contribution in [0.5, 0.6) is 23.0 Å². The van der Waals surface area contributed by atoms with E-state index in [0.29, 0.717) is 53.2 Å². The Morgan fingerprint density at radius 2 is 0.689 bits per heavy atom. The highest BCUT2D eigenvalue weighted by molar-refractivity contribution is 7.93. The molecule has 4 aliphatic heterocycles. The summed E-state index contributed by atoms with van der Waals surface area (Å²) in [5.74, 6) is 0.0994. The highest BCUT2D eigenvalue weighted by Gasteiger charge is 2.57. The monoisotopic (exact) mass is 1100 g/mol. The molecule has 12 nitrogen and oxygen atoms in total. The van der Waals surface area contributed by atoms with Gasteiger partial charge in [0.15, 0.2) is 0 Å². The number of sulfonamides is 2. The first kappa shape index (κ1) is 52.4. The SMILES string of the molecule is O=S(=O)([C@@H]1C[C@@H]2O[C@H]1C(c1ccc(O)cc1)=C2c1ccc(O)cc1)N(CC(F)(F)F)c1ccc(Cl)cc1.O=S(=O)([C@H]1C[C@H]2O[C@@H]1C(c1ccc(O)cc1)=C2c1ccc(O)cc1)N(CC(F)(F)F)c1ccc(Cl)cc1. The quantitative estimate of drug-likeness (QED) is 0.0864. The molecular weight excluding hydrogens is 1060 g/mol. The fraction of sp³-hybridized carbons (Fsp3) is 0.231. The van der Waals surface area contributed by atoms with Gasteiger partial charge in [0.25, 0.3) is 0 Å². The van der Waals surface area contributed by atoms with Crippen molar-refractivity contribution in [2.24, 2.45) is 0 Å². The lowest BCUT2D eigenvalue weighted by Gasteiger charge is -2.32. The van der Waals surface area contributed by atoms with Gasteiger partial charge >= 0.3 is 12.4 Å². The molecule has 0 amide bonds. The molecule has 6 aromatic rings. The zero-order chi connectivity index (χ0) is 53.1. The predicted molar refractivity (Wildman–Crippen MR) is 268 cm³/mol. The third-order valence-corrected chi connectivity index (χ3v) is 17.8. The lowest BCUT2D eigenvalue weighted by Crippen LogP contribution is -2.47. The number of alkyl halides is 6. The normalized spacial score (nSPS) is 21.5. The Morgan fingerprint density at radius 3 is 0.946 bits per heavy atom. The number of ether oxygens (including phenoxy) is 2. The number of phenolic OH excluding ortho intramolecular Hbond substituents is 4. The van der Waals surface area contributed by atoms with Gasteiger partial charge in [-0.15, -0.1) is 0 Å². The second-order valence-electron chi connectivity index (χ2n) is 17.8. The van der Waals surface area contributed by atoms with Crippen LogP contribution in [0.25, 0.3) is 22.3 Å². The predicted octanol–water partition coefficient (Wildman–Crippen LogP) is 11.2. The number of phenols is 4. The van der Waals surface area contributed by atoms with E-state index in [0.717, 1.165) is 0 Å². The molecule has 0 spiro atoms. The number of halogens is 8. The van der Waals surface area contributed by atoms with Crippen molar-refractivity contribution in [3.05, 3.63) is 178 Å². The van der Waals surface area contributed by atoms with Gasteiger partial charge in [-0.05, 0) is 154 Å². The third kappa shape index (κ3) is 10.7. The fourth-order valence-corrected chi connectivity index (χ4v) is 14.1. The van der Waals surface area contributed by atoms with E-state index in [4.69, 9.17) is 32.7 Å². The van der Waals surface area contributed by atoms with Gasteiger partial charge in [0.1, 0.15) is 58.8 Å². The highest BCUT2D eigenvalue weighted by Crippen LogP contribution is 2.53. The summed E-state index contributed by atoms with van der Waals surface area (Å²) in [4.78, 5) is 0. The van der Waals surface area contributed by atoms with E-state index in [2.05, 4.69) is 0 Å². The number of benzene rings is 6. The van der Waals surface area contributed by atoms with E-state index >= 15 is 0 Å². The Hall–Kier alpha value is -6.42. The summed E-state index contributed by atoms with van der Waals surface area (Å²) in [6.07, 6.45) is -13.2. The van der Waals surface area contributed by atoms with Crippen molar-refractivity contribution in [3.63, 3.8) is 0 Å². The summed E-state index contributed by atoms with van der Waals surface area (Å²) in [5.41, 5.74) is 4.62. The number of hydrogen-bond acceptors (Lipinski definition) is 10. The summed E-state index contributed by atoms with van der Waals surface area (Å²) in [6.45, 7) is -3.40. The first-order valence-corrected chi connectivity index (χ1v) is 26.3. The molecule has 10 rings (SSSR count). The van der Waals surface area contributed by atoms with Crippen LogP contribution >= 0.6 is 23.2 Å². The summed E-state index contributed by atoms with van der Waals surface area (Å²) in [6, 6.07) is 35.1. The Labute approximate surface area is 430 Å². The number of aromatic hydroxyl groups is 4. The van der Waals surface area contributed by atoms with Crippen LogP contribution in [0.1, 0.15) is 35.1 Å². The zero-order valence-corrected chi connectivity index (χ0v) is 41.3. The summed E-state index contributed by atoms with van der Waals surface area (Å²) in [5, 5.41) is 36.9. The van der Waals surface area contributed by atoms with Crippen LogP contribution in [0.2, 0.25) is 10.0 Å². The first-order chi connectivity index (χ1) is 34.9. The van der Waals surface area contributed by atoms with E-state index < -0.39 is 80.4 Å². The molecule has 0 saturated carbocycles. The molecule has 4 heterocycles. The van der Waals surface area contributed by atoms with Gasteiger partial charge in [0.05, 0.1) is 23.6 Å². The van der Waals surface area contributed by atoms with Crippen LogP contribution in [-0.4, -0.2) is 97.6 Å². The maximum absolute atomic E-state index is 13.8. The minimum atomic E-state index is -4.79. The Bertz CT molecular complexity index is 3100. The minimum Gasteiger partial charge on any atom is -0.508 e. The van der Waals surface area contributed by atoms with E-state index in [-0.39, 0.29) is 57.3 Å². The van der Waals surface area contributed by atoms with Crippen LogP contribution in [0.4, 0.5) is 37.7 Å². The minimum absolute atomic E-state index is 0.00266. The van der Waals surface area contributed by atoms with Crippen LogP contribution in [-0.2, 0) is 29.5 Å². The molecule has 2 saturated heterocycles. The molecule has 6 aromatic carbocycles. The van der Waals surface area contributed by atoms with Crippen molar-refractivity contribution in [1.82, 2.24) is 0 Å².